The van der Waals surface area contributed by atoms with Gasteiger partial charge < -0.3 is 20.1 Å². The second-order valence-corrected chi connectivity index (χ2v) is 11.7. The summed E-state index contributed by atoms with van der Waals surface area (Å²) in [7, 11) is 2.44. The van der Waals surface area contributed by atoms with E-state index in [9.17, 15) is 36.3 Å². The number of imide groups is 1. The molecule has 0 unspecified atom stereocenters. The van der Waals surface area contributed by atoms with Crippen LogP contribution < -0.4 is 10.6 Å². The van der Waals surface area contributed by atoms with E-state index in [1.54, 1.807) is 12.1 Å². The van der Waals surface area contributed by atoms with E-state index in [-0.39, 0.29) is 41.4 Å². The molecule has 2 aromatic rings. The first-order valence-electron chi connectivity index (χ1n) is 15.0. The summed E-state index contributed by atoms with van der Waals surface area (Å²) in [6, 6.07) is 5.05. The van der Waals surface area contributed by atoms with Crippen molar-refractivity contribution in [3.63, 3.8) is 0 Å². The Labute approximate surface area is 262 Å². The van der Waals surface area contributed by atoms with Gasteiger partial charge in [-0.05, 0) is 67.3 Å². The third-order valence-corrected chi connectivity index (χ3v) is 8.97. The first kappa shape index (κ1) is 33.3. The fraction of sp³-hybridized carbons (Fsp3) is 0.469. The Morgan fingerprint density at radius 3 is 2.37 bits per heavy atom. The summed E-state index contributed by atoms with van der Waals surface area (Å²) >= 11 is 0. The van der Waals surface area contributed by atoms with Crippen LogP contribution in [-0.4, -0.2) is 73.8 Å². The number of benzene rings is 2. The van der Waals surface area contributed by atoms with Crippen LogP contribution in [0.25, 0.3) is 0 Å². The van der Waals surface area contributed by atoms with Gasteiger partial charge in [0.1, 0.15) is 6.04 Å². The Hall–Kier alpha value is -4.04. The number of nitrogens with one attached hydrogen (secondary N) is 2. The maximum atomic E-state index is 14.3. The predicted molar refractivity (Wildman–Crippen MR) is 155 cm³/mol. The van der Waals surface area contributed by atoms with Crippen molar-refractivity contribution in [2.75, 3.05) is 33.9 Å². The van der Waals surface area contributed by atoms with E-state index < -0.39 is 47.4 Å². The van der Waals surface area contributed by atoms with Crippen molar-refractivity contribution in [1.82, 2.24) is 20.4 Å². The van der Waals surface area contributed by atoms with Crippen molar-refractivity contribution in [1.29, 1.82) is 0 Å². The topological polar surface area (TPSA) is 100 Å². The Morgan fingerprint density at radius 2 is 1.72 bits per heavy atom. The average Bonchev–Trinajstić information content (AvgIpc) is 3.50. The van der Waals surface area contributed by atoms with Gasteiger partial charge in [-0.15, -0.1) is 0 Å². The maximum absolute atomic E-state index is 14.3. The lowest BCUT2D eigenvalue weighted by Crippen LogP contribution is -2.56. The number of halogens is 5. The number of carbonyl (C=O) groups excluding carboxylic acids is 3. The molecule has 0 radical (unpaired) electrons. The number of likely N-dealkylation sites (tertiary alicyclic amines) is 1. The summed E-state index contributed by atoms with van der Waals surface area (Å²) in [5.41, 5.74) is -0.467. The lowest BCUT2D eigenvalue weighted by molar-refractivity contribution is -0.138. The average molecular weight is 651 g/mol. The Morgan fingerprint density at radius 1 is 1.00 bits per heavy atom. The third-order valence-electron chi connectivity index (χ3n) is 8.97. The molecule has 9 nitrogen and oxygen atoms in total. The normalized spacial score (nSPS) is 24.2. The number of amides is 4. The molecule has 2 fully saturated rings. The lowest BCUT2D eigenvalue weighted by atomic mass is 9.79. The second kappa shape index (κ2) is 13.8. The van der Waals surface area contributed by atoms with Crippen LogP contribution >= 0.6 is 0 Å². The number of hydrogen-bond donors (Lipinski definition) is 2. The zero-order valence-electron chi connectivity index (χ0n) is 25.3. The molecule has 2 heterocycles. The van der Waals surface area contributed by atoms with Gasteiger partial charge in [-0.2, -0.15) is 13.2 Å². The Balaban J connectivity index is 1.29. The van der Waals surface area contributed by atoms with Crippen LogP contribution in [-0.2, 0) is 20.4 Å². The summed E-state index contributed by atoms with van der Waals surface area (Å²) in [5.74, 6) is -3.48. The van der Waals surface area contributed by atoms with E-state index in [0.717, 1.165) is 30.2 Å². The van der Waals surface area contributed by atoms with Crippen molar-refractivity contribution in [2.45, 2.75) is 62.3 Å². The molecule has 0 spiro atoms. The van der Waals surface area contributed by atoms with Crippen LogP contribution in [0.1, 0.15) is 60.8 Å². The number of rotatable bonds is 7. The minimum Gasteiger partial charge on any atom is -0.466 e. The first-order valence-corrected chi connectivity index (χ1v) is 15.0. The van der Waals surface area contributed by atoms with Crippen LogP contribution in [0, 0.1) is 11.6 Å². The fourth-order valence-corrected chi connectivity index (χ4v) is 6.82. The van der Waals surface area contributed by atoms with Gasteiger partial charge >= 0.3 is 24.2 Å². The van der Waals surface area contributed by atoms with Crippen LogP contribution in [0.15, 0.2) is 53.7 Å². The number of alkyl halides is 3. The molecule has 2 N–H and O–H groups in total. The highest BCUT2D eigenvalue weighted by Gasteiger charge is 2.44. The van der Waals surface area contributed by atoms with Crippen LogP contribution in [0.3, 0.4) is 0 Å². The molecule has 14 heteroatoms. The summed E-state index contributed by atoms with van der Waals surface area (Å²) < 4.78 is 79.0. The van der Waals surface area contributed by atoms with Gasteiger partial charge in [-0.1, -0.05) is 24.3 Å². The number of urea groups is 2. The van der Waals surface area contributed by atoms with E-state index in [1.807, 2.05) is 0 Å². The highest BCUT2D eigenvalue weighted by atomic mass is 19.4. The van der Waals surface area contributed by atoms with Gasteiger partial charge in [-0.3, -0.25) is 4.90 Å². The summed E-state index contributed by atoms with van der Waals surface area (Å²) in [6.07, 6.45) is -1.28. The highest BCUT2D eigenvalue weighted by Crippen LogP contribution is 2.42. The zero-order valence-corrected chi connectivity index (χ0v) is 25.3. The molecule has 248 valence electrons. The van der Waals surface area contributed by atoms with Gasteiger partial charge in [0, 0.05) is 32.3 Å². The standard InChI is InChI=1S/C32H35F5N4O5/c1-45-17-26-27(29(42)46-2)28(19-9-12-24(33)25(34)15-19)41(31(44)39-26)30(43)38-20-13-14-40(16-20)21-10-7-18(8-11-21)22-5-3-4-6-23(22)32(35,36)37/h3-6,9,12,15,18,20-21,28H,7-8,10-11,13-14,16-17H2,1-2H3,(H,38,43)(H,39,44)/t18?,20-,21?,28+/m1/s1. The van der Waals surface area contributed by atoms with Crippen molar-refractivity contribution in [3.05, 3.63) is 82.1 Å². The van der Waals surface area contributed by atoms with Gasteiger partial charge in [0.2, 0.25) is 0 Å². The molecule has 3 aliphatic rings. The number of methoxy groups -OCH3 is 2. The molecule has 2 atom stereocenters. The van der Waals surface area contributed by atoms with Gasteiger partial charge in [-0.25, -0.2) is 28.1 Å². The van der Waals surface area contributed by atoms with Crippen LogP contribution in [0.5, 0.6) is 0 Å². The minimum absolute atomic E-state index is 0.0126. The molecule has 46 heavy (non-hydrogen) atoms. The smallest absolute Gasteiger partial charge is 0.416 e. The molecule has 0 aromatic heterocycles. The molecule has 1 saturated carbocycles. The second-order valence-electron chi connectivity index (χ2n) is 11.7. The molecule has 1 aliphatic carbocycles. The third kappa shape index (κ3) is 6.87. The van der Waals surface area contributed by atoms with Crippen molar-refractivity contribution >= 4 is 18.0 Å². The summed E-state index contributed by atoms with van der Waals surface area (Å²) in [4.78, 5) is 42.8. The van der Waals surface area contributed by atoms with E-state index in [0.29, 0.717) is 50.8 Å². The molecule has 0 bridgehead atoms. The van der Waals surface area contributed by atoms with Crippen molar-refractivity contribution in [3.8, 4) is 0 Å². The largest absolute Gasteiger partial charge is 0.466 e. The Bertz CT molecular complexity index is 1510. The molecule has 5 rings (SSSR count). The van der Waals surface area contributed by atoms with Crippen molar-refractivity contribution in [2.24, 2.45) is 0 Å². The molecule has 1 saturated heterocycles. The van der Waals surface area contributed by atoms with Gasteiger partial charge in [0.25, 0.3) is 0 Å². The van der Waals surface area contributed by atoms with Crippen molar-refractivity contribution < 1.29 is 45.8 Å². The SMILES string of the molecule is COCC1=C(C(=O)OC)[C@H](c2ccc(F)c(F)c2)N(C(=O)N[C@@H]2CCN(C3CCC(c4ccccc4C(F)(F)F)CC3)C2)C(=O)N1. The predicted octanol–water partition coefficient (Wildman–Crippen LogP) is 5.63. The number of ether oxygens (including phenoxy) is 2. The number of nitrogens with zero attached hydrogens (tertiary/aromatic N) is 2. The zero-order chi connectivity index (χ0) is 33.2. The molecule has 2 aliphatic heterocycles. The quantitative estimate of drug-likeness (QED) is 0.298. The minimum atomic E-state index is -4.41. The van der Waals surface area contributed by atoms with E-state index in [1.165, 1.54) is 19.2 Å². The summed E-state index contributed by atoms with van der Waals surface area (Å²) in [6.45, 7) is 0.844. The number of esters is 1. The molecule has 4 amide bonds. The lowest BCUT2D eigenvalue weighted by Gasteiger charge is -2.37. The fourth-order valence-electron chi connectivity index (χ4n) is 6.82. The van der Waals surface area contributed by atoms with E-state index in [4.69, 9.17) is 9.47 Å². The van der Waals surface area contributed by atoms with Gasteiger partial charge in [0.05, 0.1) is 30.6 Å². The molecular weight excluding hydrogens is 615 g/mol. The maximum Gasteiger partial charge on any atom is 0.416 e. The monoisotopic (exact) mass is 650 g/mol. The summed E-state index contributed by atoms with van der Waals surface area (Å²) in [5, 5.41) is 5.33. The van der Waals surface area contributed by atoms with Crippen LogP contribution in [0.4, 0.5) is 31.5 Å². The first-order chi connectivity index (χ1) is 21.9. The number of hydrogen-bond acceptors (Lipinski definition) is 6. The molecule has 2 aromatic carbocycles. The molecular formula is C32H35F5N4O5. The van der Waals surface area contributed by atoms with Gasteiger partial charge in [0.15, 0.2) is 11.6 Å². The van der Waals surface area contributed by atoms with E-state index >= 15 is 0 Å². The highest BCUT2D eigenvalue weighted by molar-refractivity contribution is 6.01. The number of carbonyl (C=O) groups is 3. The Kier molecular flexibility index (Phi) is 9.96. The van der Waals surface area contributed by atoms with Crippen LogP contribution in [0.2, 0.25) is 0 Å². The van der Waals surface area contributed by atoms with E-state index in [2.05, 4.69) is 15.5 Å².